The number of hydrogen-bond donors (Lipinski definition) is 1. The van der Waals surface area contributed by atoms with Crippen LogP contribution in [-0.2, 0) is 19.7 Å². The summed E-state index contributed by atoms with van der Waals surface area (Å²) >= 11 is 0. The first kappa shape index (κ1) is 24.4. The second-order valence-electron chi connectivity index (χ2n) is 9.57. The number of sulfone groups is 2. The van der Waals surface area contributed by atoms with Gasteiger partial charge in [-0.3, -0.25) is 4.90 Å². The first-order valence-electron chi connectivity index (χ1n) is 11.7. The van der Waals surface area contributed by atoms with Crippen molar-refractivity contribution in [3.05, 3.63) is 65.7 Å². The van der Waals surface area contributed by atoms with Crippen molar-refractivity contribution in [2.75, 3.05) is 31.1 Å². The highest BCUT2D eigenvalue weighted by molar-refractivity contribution is 7.96. The Morgan fingerprint density at radius 1 is 0.939 bits per heavy atom. The maximum Gasteiger partial charge on any atom is 0.183 e. The number of hydrogen-bond acceptors (Lipinski definition) is 6. The topological polar surface area (TPSA) is 83.5 Å². The maximum absolute atomic E-state index is 13.5. The number of nitrogens with zero attached hydrogens (tertiary/aromatic N) is 1. The van der Waals surface area contributed by atoms with Crippen LogP contribution in [-0.4, -0.2) is 64.2 Å². The smallest absolute Gasteiger partial charge is 0.183 e. The summed E-state index contributed by atoms with van der Waals surface area (Å²) in [5.41, 5.74) is 2.22. The summed E-state index contributed by atoms with van der Waals surface area (Å²) in [6.07, 6.45) is 2.29. The molecule has 4 rings (SSSR count). The molecule has 2 aromatic rings. The monoisotopic (exact) mass is 490 g/mol. The molecular weight excluding hydrogens is 456 g/mol. The number of nitrogens with one attached hydrogen (secondary N) is 1. The van der Waals surface area contributed by atoms with Crippen molar-refractivity contribution in [1.82, 2.24) is 10.2 Å². The van der Waals surface area contributed by atoms with Crippen molar-refractivity contribution in [3.8, 4) is 0 Å². The fourth-order valence-electron chi connectivity index (χ4n) is 4.98. The minimum Gasteiger partial charge on any atom is -0.310 e. The first-order chi connectivity index (χ1) is 15.7. The minimum atomic E-state index is -3.79. The average molecular weight is 491 g/mol. The fourth-order valence-corrected chi connectivity index (χ4v) is 9.69. The van der Waals surface area contributed by atoms with Crippen LogP contribution in [0.4, 0.5) is 0 Å². The van der Waals surface area contributed by atoms with Gasteiger partial charge in [-0.1, -0.05) is 56.3 Å². The van der Waals surface area contributed by atoms with Gasteiger partial charge in [0.25, 0.3) is 0 Å². The van der Waals surface area contributed by atoms with Crippen LogP contribution in [0.15, 0.2) is 59.5 Å². The van der Waals surface area contributed by atoms with Crippen LogP contribution in [0.1, 0.15) is 49.8 Å². The zero-order valence-electron chi connectivity index (χ0n) is 19.4. The standard InChI is InChI=1S/C25H34N2O4S2/c1-19(2)20-10-12-22(13-11-20)33(30,31)25-18-32(28,29)17-23(25)26-16-24(27-14-6-7-15-27)21-8-4-3-5-9-21/h3-5,8-13,19,23-26H,6-7,14-18H2,1-2H3/t23-,24?,25-/m0/s1. The Balaban J connectivity index is 1.56. The fraction of sp³-hybridized carbons (Fsp3) is 0.520. The maximum atomic E-state index is 13.5. The molecule has 1 unspecified atom stereocenters. The summed E-state index contributed by atoms with van der Waals surface area (Å²) in [5, 5.41) is 2.38. The average Bonchev–Trinajstić information content (AvgIpc) is 3.43. The van der Waals surface area contributed by atoms with E-state index in [4.69, 9.17) is 0 Å². The molecule has 0 aromatic heterocycles. The van der Waals surface area contributed by atoms with E-state index in [1.165, 1.54) is 0 Å². The van der Waals surface area contributed by atoms with Gasteiger partial charge in [-0.05, 0) is 55.1 Å². The van der Waals surface area contributed by atoms with Gasteiger partial charge in [-0.25, -0.2) is 16.8 Å². The highest BCUT2D eigenvalue weighted by Gasteiger charge is 2.46. The lowest BCUT2D eigenvalue weighted by Gasteiger charge is -2.30. The molecule has 0 radical (unpaired) electrons. The summed E-state index contributed by atoms with van der Waals surface area (Å²) in [5.74, 6) is -0.190. The number of benzene rings is 2. The van der Waals surface area contributed by atoms with Crippen molar-refractivity contribution >= 4 is 19.7 Å². The molecule has 2 fully saturated rings. The third-order valence-electron chi connectivity index (χ3n) is 6.91. The first-order valence-corrected chi connectivity index (χ1v) is 15.1. The summed E-state index contributed by atoms with van der Waals surface area (Å²) in [4.78, 5) is 2.60. The van der Waals surface area contributed by atoms with Crippen molar-refractivity contribution < 1.29 is 16.8 Å². The van der Waals surface area contributed by atoms with E-state index in [1.54, 1.807) is 12.1 Å². The van der Waals surface area contributed by atoms with Crippen molar-refractivity contribution in [3.63, 3.8) is 0 Å². The minimum absolute atomic E-state index is 0.0886. The highest BCUT2D eigenvalue weighted by Crippen LogP contribution is 2.29. The van der Waals surface area contributed by atoms with Crippen LogP contribution in [0.5, 0.6) is 0 Å². The molecule has 1 N–H and O–H groups in total. The molecule has 8 heteroatoms. The summed E-state index contributed by atoms with van der Waals surface area (Å²) in [7, 11) is -7.23. The zero-order valence-corrected chi connectivity index (χ0v) is 21.0. The van der Waals surface area contributed by atoms with E-state index in [0.717, 1.165) is 37.1 Å². The molecule has 0 aliphatic carbocycles. The Hall–Kier alpha value is -1.74. The lowest BCUT2D eigenvalue weighted by molar-refractivity contribution is 0.234. The summed E-state index contributed by atoms with van der Waals surface area (Å²) in [6.45, 7) is 6.61. The molecule has 0 spiro atoms. The van der Waals surface area contributed by atoms with Gasteiger partial charge in [0.2, 0.25) is 0 Å². The van der Waals surface area contributed by atoms with Gasteiger partial charge in [0.1, 0.15) is 0 Å². The lowest BCUT2D eigenvalue weighted by atomic mass is 10.0. The van der Waals surface area contributed by atoms with Gasteiger partial charge < -0.3 is 5.32 Å². The van der Waals surface area contributed by atoms with E-state index in [9.17, 15) is 16.8 Å². The Bertz CT molecular complexity index is 1140. The molecule has 0 amide bonds. The predicted molar refractivity (Wildman–Crippen MR) is 132 cm³/mol. The van der Waals surface area contributed by atoms with E-state index in [-0.39, 0.29) is 22.4 Å². The van der Waals surface area contributed by atoms with Gasteiger partial charge >= 0.3 is 0 Å². The predicted octanol–water partition coefficient (Wildman–Crippen LogP) is 3.18. The van der Waals surface area contributed by atoms with Gasteiger partial charge in [-0.15, -0.1) is 0 Å². The normalized spacial score (nSPS) is 24.3. The van der Waals surface area contributed by atoms with Gasteiger partial charge in [0, 0.05) is 18.6 Å². The van der Waals surface area contributed by atoms with E-state index in [2.05, 4.69) is 36.2 Å². The Morgan fingerprint density at radius 3 is 2.18 bits per heavy atom. The highest BCUT2D eigenvalue weighted by atomic mass is 32.2. The molecule has 6 nitrogen and oxygen atoms in total. The molecule has 180 valence electrons. The Kier molecular flexibility index (Phi) is 7.29. The number of rotatable bonds is 8. The van der Waals surface area contributed by atoms with Crippen LogP contribution in [0, 0.1) is 0 Å². The largest absolute Gasteiger partial charge is 0.310 e. The van der Waals surface area contributed by atoms with Crippen LogP contribution in [0.2, 0.25) is 0 Å². The van der Waals surface area contributed by atoms with Crippen LogP contribution in [0.3, 0.4) is 0 Å². The second-order valence-corrected chi connectivity index (χ2v) is 13.9. The second kappa shape index (κ2) is 9.86. The third-order valence-corrected chi connectivity index (χ3v) is 11.1. The molecule has 0 bridgehead atoms. The van der Waals surface area contributed by atoms with E-state index in [0.29, 0.717) is 12.5 Å². The van der Waals surface area contributed by atoms with Gasteiger partial charge in [0.15, 0.2) is 19.7 Å². The van der Waals surface area contributed by atoms with E-state index < -0.39 is 31.0 Å². The van der Waals surface area contributed by atoms with Crippen molar-refractivity contribution in [1.29, 1.82) is 0 Å². The molecule has 33 heavy (non-hydrogen) atoms. The van der Waals surface area contributed by atoms with Crippen molar-refractivity contribution in [2.45, 2.75) is 54.8 Å². The van der Waals surface area contributed by atoms with Gasteiger partial charge in [-0.2, -0.15) is 0 Å². The number of likely N-dealkylation sites (tertiary alicyclic amines) is 1. The molecule has 3 atom stereocenters. The molecule has 2 aliphatic heterocycles. The third kappa shape index (κ3) is 5.50. The molecule has 0 saturated carbocycles. The summed E-state index contributed by atoms with van der Waals surface area (Å²) in [6, 6.07) is 16.5. The molecule has 2 aliphatic rings. The molecular formula is C25H34N2O4S2. The lowest BCUT2D eigenvalue weighted by Crippen LogP contribution is -2.46. The van der Waals surface area contributed by atoms with Crippen LogP contribution in [0.25, 0.3) is 0 Å². The Labute approximate surface area is 198 Å². The molecule has 2 saturated heterocycles. The van der Waals surface area contributed by atoms with Crippen LogP contribution < -0.4 is 5.32 Å². The van der Waals surface area contributed by atoms with Gasteiger partial charge in [0.05, 0.1) is 21.7 Å². The van der Waals surface area contributed by atoms with Crippen molar-refractivity contribution in [2.24, 2.45) is 0 Å². The SMILES string of the molecule is CC(C)c1ccc(S(=O)(=O)[C@H]2CS(=O)(=O)C[C@@H]2NCC(c2ccccc2)N2CCCC2)cc1. The summed E-state index contributed by atoms with van der Waals surface area (Å²) < 4.78 is 52.0. The quantitative estimate of drug-likeness (QED) is 0.612. The van der Waals surface area contributed by atoms with E-state index in [1.807, 2.05) is 30.3 Å². The molecule has 2 heterocycles. The molecule has 2 aromatic carbocycles. The van der Waals surface area contributed by atoms with Crippen LogP contribution >= 0.6 is 0 Å². The zero-order chi connectivity index (χ0) is 23.6. The Morgan fingerprint density at radius 2 is 1.58 bits per heavy atom. The van der Waals surface area contributed by atoms with E-state index >= 15 is 0 Å².